The van der Waals surface area contributed by atoms with Crippen molar-refractivity contribution in [1.82, 2.24) is 0 Å². The van der Waals surface area contributed by atoms with Crippen LogP contribution in [0.1, 0.15) is 20.3 Å². The number of carbonyl (C=O) groups is 1. The van der Waals surface area contributed by atoms with Crippen LogP contribution in [0.2, 0.25) is 0 Å². The SMILES string of the molecule is C=C(/C=C\C)C(=O)OC(C)COCCC(F)(F)F. The molecule has 18 heavy (non-hydrogen) atoms. The number of ether oxygens (including phenoxy) is 2. The molecule has 0 aromatic carbocycles. The fourth-order valence-corrected chi connectivity index (χ4v) is 0.999. The van der Waals surface area contributed by atoms with Gasteiger partial charge in [0.1, 0.15) is 6.10 Å². The van der Waals surface area contributed by atoms with E-state index in [-0.39, 0.29) is 12.2 Å². The van der Waals surface area contributed by atoms with Gasteiger partial charge in [0.2, 0.25) is 0 Å². The molecular formula is C12H17F3O3. The lowest BCUT2D eigenvalue weighted by atomic mass is 10.3. The van der Waals surface area contributed by atoms with Crippen LogP contribution < -0.4 is 0 Å². The molecule has 0 aromatic rings. The second-order valence-corrected chi connectivity index (χ2v) is 3.68. The summed E-state index contributed by atoms with van der Waals surface area (Å²) in [5.74, 6) is -0.611. The zero-order valence-electron chi connectivity index (χ0n) is 10.4. The molecule has 1 atom stereocenters. The Kier molecular flexibility index (Phi) is 7.35. The van der Waals surface area contributed by atoms with E-state index in [9.17, 15) is 18.0 Å². The van der Waals surface area contributed by atoms with Crippen molar-refractivity contribution in [2.24, 2.45) is 0 Å². The monoisotopic (exact) mass is 266 g/mol. The number of allylic oxidation sites excluding steroid dienone is 1. The van der Waals surface area contributed by atoms with Crippen molar-refractivity contribution in [2.45, 2.75) is 32.5 Å². The van der Waals surface area contributed by atoms with Gasteiger partial charge in [0, 0.05) is 0 Å². The highest BCUT2D eigenvalue weighted by Crippen LogP contribution is 2.19. The van der Waals surface area contributed by atoms with Crippen molar-refractivity contribution in [1.29, 1.82) is 0 Å². The highest BCUT2D eigenvalue weighted by Gasteiger charge is 2.26. The molecule has 0 spiro atoms. The van der Waals surface area contributed by atoms with Crippen molar-refractivity contribution >= 4 is 5.97 Å². The van der Waals surface area contributed by atoms with Gasteiger partial charge in [0.25, 0.3) is 0 Å². The quantitative estimate of drug-likeness (QED) is 0.307. The molecule has 0 radical (unpaired) electrons. The third kappa shape index (κ3) is 8.81. The van der Waals surface area contributed by atoms with Crippen molar-refractivity contribution in [3.8, 4) is 0 Å². The van der Waals surface area contributed by atoms with E-state index in [1.807, 2.05) is 0 Å². The number of alkyl halides is 3. The van der Waals surface area contributed by atoms with Crippen molar-refractivity contribution in [3.05, 3.63) is 24.3 Å². The summed E-state index contributed by atoms with van der Waals surface area (Å²) >= 11 is 0. The van der Waals surface area contributed by atoms with Gasteiger partial charge in [0.05, 0.1) is 25.2 Å². The summed E-state index contributed by atoms with van der Waals surface area (Å²) < 4.78 is 45.1. The molecule has 0 amide bonds. The van der Waals surface area contributed by atoms with E-state index in [0.29, 0.717) is 0 Å². The standard InChI is InChI=1S/C12H17F3O3/c1-4-5-9(2)11(16)18-10(3)8-17-7-6-12(13,14)15/h4-5,10H,2,6-8H2,1,3H3/b5-4-. The predicted molar refractivity (Wildman–Crippen MR) is 61.0 cm³/mol. The molecule has 0 aliphatic rings. The first kappa shape index (κ1) is 16.7. The van der Waals surface area contributed by atoms with Crippen LogP contribution in [0.25, 0.3) is 0 Å². The van der Waals surface area contributed by atoms with Gasteiger partial charge in [-0.3, -0.25) is 0 Å². The van der Waals surface area contributed by atoms with Gasteiger partial charge in [0.15, 0.2) is 0 Å². The summed E-state index contributed by atoms with van der Waals surface area (Å²) in [6.45, 7) is 6.21. The number of carbonyl (C=O) groups excluding carboxylic acids is 1. The zero-order valence-corrected chi connectivity index (χ0v) is 10.4. The summed E-state index contributed by atoms with van der Waals surface area (Å²) in [7, 11) is 0. The summed E-state index contributed by atoms with van der Waals surface area (Å²) in [6.07, 6.45) is -2.75. The highest BCUT2D eigenvalue weighted by atomic mass is 19.4. The number of hydrogen-bond acceptors (Lipinski definition) is 3. The number of hydrogen-bond donors (Lipinski definition) is 0. The maximum atomic E-state index is 11.8. The fourth-order valence-electron chi connectivity index (χ4n) is 0.999. The minimum atomic E-state index is -4.24. The zero-order chi connectivity index (χ0) is 14.2. The fraction of sp³-hybridized carbons (Fsp3) is 0.583. The number of rotatable bonds is 7. The minimum absolute atomic E-state index is 0.0784. The Morgan fingerprint density at radius 2 is 2.06 bits per heavy atom. The Hall–Kier alpha value is -1.30. The Morgan fingerprint density at radius 3 is 2.56 bits per heavy atom. The van der Waals surface area contributed by atoms with Crippen LogP contribution in [-0.4, -0.2) is 31.5 Å². The molecule has 104 valence electrons. The average molecular weight is 266 g/mol. The first-order chi connectivity index (χ1) is 8.26. The third-order valence-electron chi connectivity index (χ3n) is 1.82. The van der Waals surface area contributed by atoms with Crippen LogP contribution in [-0.2, 0) is 14.3 Å². The molecule has 0 saturated heterocycles. The van der Waals surface area contributed by atoms with Crippen LogP contribution in [0, 0.1) is 0 Å². The molecule has 0 aliphatic carbocycles. The smallest absolute Gasteiger partial charge is 0.391 e. The van der Waals surface area contributed by atoms with E-state index >= 15 is 0 Å². The Labute approximate surface area is 104 Å². The summed E-state index contributed by atoms with van der Waals surface area (Å²) in [4.78, 5) is 11.3. The van der Waals surface area contributed by atoms with E-state index in [2.05, 4.69) is 6.58 Å². The third-order valence-corrected chi connectivity index (χ3v) is 1.82. The molecule has 6 heteroatoms. The lowest BCUT2D eigenvalue weighted by Crippen LogP contribution is -2.22. The molecule has 0 aromatic heterocycles. The van der Waals surface area contributed by atoms with Crippen LogP contribution >= 0.6 is 0 Å². The van der Waals surface area contributed by atoms with Crippen molar-refractivity contribution in [3.63, 3.8) is 0 Å². The molecule has 0 aliphatic heterocycles. The van der Waals surface area contributed by atoms with Gasteiger partial charge in [-0.15, -0.1) is 0 Å². The van der Waals surface area contributed by atoms with Crippen molar-refractivity contribution in [2.75, 3.05) is 13.2 Å². The van der Waals surface area contributed by atoms with E-state index in [1.54, 1.807) is 13.0 Å². The van der Waals surface area contributed by atoms with Crippen LogP contribution in [0.5, 0.6) is 0 Å². The predicted octanol–water partition coefficient (Wildman–Crippen LogP) is 3.02. The van der Waals surface area contributed by atoms with E-state index in [4.69, 9.17) is 9.47 Å². The summed E-state index contributed by atoms with van der Waals surface area (Å²) in [5.41, 5.74) is 0.180. The molecule has 0 saturated carbocycles. The Bertz CT molecular complexity index is 308. The summed E-state index contributed by atoms with van der Waals surface area (Å²) in [6, 6.07) is 0. The van der Waals surface area contributed by atoms with Gasteiger partial charge in [-0.25, -0.2) is 4.79 Å². The highest BCUT2D eigenvalue weighted by molar-refractivity contribution is 5.90. The van der Waals surface area contributed by atoms with Gasteiger partial charge in [-0.1, -0.05) is 18.7 Å². The van der Waals surface area contributed by atoms with Crippen LogP contribution in [0.3, 0.4) is 0 Å². The molecule has 3 nitrogen and oxygen atoms in total. The first-order valence-corrected chi connectivity index (χ1v) is 5.43. The molecule has 0 N–H and O–H groups in total. The number of esters is 1. The second kappa shape index (κ2) is 7.92. The van der Waals surface area contributed by atoms with Gasteiger partial charge in [-0.2, -0.15) is 13.2 Å². The Morgan fingerprint density at radius 1 is 1.44 bits per heavy atom. The van der Waals surface area contributed by atoms with Crippen molar-refractivity contribution < 1.29 is 27.4 Å². The summed E-state index contributed by atoms with van der Waals surface area (Å²) in [5, 5.41) is 0. The molecule has 1 unspecified atom stereocenters. The molecule has 0 fully saturated rings. The molecule has 0 rings (SSSR count). The minimum Gasteiger partial charge on any atom is -0.457 e. The average Bonchev–Trinajstić information content (AvgIpc) is 2.23. The number of halogens is 3. The molecule has 0 heterocycles. The maximum absolute atomic E-state index is 11.8. The van der Waals surface area contributed by atoms with Gasteiger partial charge in [-0.05, 0) is 13.8 Å². The Balaban J connectivity index is 3.81. The maximum Gasteiger partial charge on any atom is 0.391 e. The van der Waals surface area contributed by atoms with Crippen LogP contribution in [0.4, 0.5) is 13.2 Å². The van der Waals surface area contributed by atoms with Gasteiger partial charge >= 0.3 is 12.1 Å². The molecule has 0 bridgehead atoms. The van der Waals surface area contributed by atoms with E-state index in [0.717, 1.165) is 0 Å². The van der Waals surface area contributed by atoms with Gasteiger partial charge < -0.3 is 9.47 Å². The van der Waals surface area contributed by atoms with E-state index < -0.39 is 31.3 Å². The lowest BCUT2D eigenvalue weighted by molar-refractivity contribution is -0.154. The van der Waals surface area contributed by atoms with Crippen LogP contribution in [0.15, 0.2) is 24.3 Å². The topological polar surface area (TPSA) is 35.5 Å². The van der Waals surface area contributed by atoms with E-state index in [1.165, 1.54) is 13.0 Å². The first-order valence-electron chi connectivity index (χ1n) is 5.43. The normalized spacial score (nSPS) is 13.6. The second-order valence-electron chi connectivity index (χ2n) is 3.68. The largest absolute Gasteiger partial charge is 0.457 e. The lowest BCUT2D eigenvalue weighted by Gasteiger charge is -2.14. The molecular weight excluding hydrogens is 249 g/mol.